The van der Waals surface area contributed by atoms with Crippen molar-refractivity contribution in [2.24, 2.45) is 0 Å². The average molecular weight is 255 g/mol. The van der Waals surface area contributed by atoms with Crippen LogP contribution in [0.1, 0.15) is 19.8 Å². The first-order chi connectivity index (χ1) is 8.69. The van der Waals surface area contributed by atoms with Crippen molar-refractivity contribution < 1.29 is 9.53 Å². The molecule has 0 aromatic carbocycles. The predicted molar refractivity (Wildman–Crippen MR) is 70.5 cm³/mol. The third-order valence-corrected chi connectivity index (χ3v) is 3.87. The molecule has 0 spiro atoms. The number of amides is 1. The van der Waals surface area contributed by atoms with E-state index in [9.17, 15) is 4.79 Å². The van der Waals surface area contributed by atoms with E-state index in [1.807, 2.05) is 18.9 Å². The van der Waals surface area contributed by atoms with E-state index in [1.165, 1.54) is 12.8 Å². The summed E-state index contributed by atoms with van der Waals surface area (Å²) >= 11 is 0. The Morgan fingerprint density at radius 3 is 2.94 bits per heavy atom. The van der Waals surface area contributed by atoms with E-state index in [-0.39, 0.29) is 12.0 Å². The van der Waals surface area contributed by atoms with Crippen molar-refractivity contribution in [3.8, 4) is 0 Å². The molecule has 0 aromatic rings. The van der Waals surface area contributed by atoms with Crippen molar-refractivity contribution in [3.05, 3.63) is 0 Å². The van der Waals surface area contributed by atoms with Crippen LogP contribution in [0.2, 0.25) is 0 Å². The SMILES string of the molecule is CNC1CCCN(CC(=O)N2CCOC(C)C2)C1. The summed E-state index contributed by atoms with van der Waals surface area (Å²) in [5.74, 6) is 0.252. The first-order valence-electron chi connectivity index (χ1n) is 6.98. The molecular formula is C13H25N3O2. The maximum atomic E-state index is 12.2. The van der Waals surface area contributed by atoms with Crippen LogP contribution in [-0.4, -0.2) is 74.2 Å². The number of rotatable bonds is 3. The van der Waals surface area contributed by atoms with Gasteiger partial charge >= 0.3 is 0 Å². The molecule has 5 heteroatoms. The van der Waals surface area contributed by atoms with Gasteiger partial charge in [0, 0.05) is 25.7 Å². The number of morpholine rings is 1. The Morgan fingerprint density at radius 2 is 2.22 bits per heavy atom. The predicted octanol–water partition coefficient (Wildman–Crippen LogP) is -0.0825. The van der Waals surface area contributed by atoms with E-state index in [4.69, 9.17) is 4.74 Å². The molecule has 2 fully saturated rings. The molecular weight excluding hydrogens is 230 g/mol. The van der Waals surface area contributed by atoms with E-state index in [1.54, 1.807) is 0 Å². The monoisotopic (exact) mass is 255 g/mol. The molecule has 5 nitrogen and oxygen atoms in total. The smallest absolute Gasteiger partial charge is 0.236 e. The highest BCUT2D eigenvalue weighted by atomic mass is 16.5. The van der Waals surface area contributed by atoms with E-state index in [2.05, 4.69) is 10.2 Å². The van der Waals surface area contributed by atoms with Gasteiger partial charge in [0.15, 0.2) is 0 Å². The zero-order valence-corrected chi connectivity index (χ0v) is 11.5. The highest BCUT2D eigenvalue weighted by molar-refractivity contribution is 5.78. The summed E-state index contributed by atoms with van der Waals surface area (Å²) in [6.45, 7) is 6.77. The standard InChI is InChI=1S/C13H25N3O2/c1-11-8-16(6-7-18-11)13(17)10-15-5-3-4-12(9-15)14-2/h11-12,14H,3-10H2,1-2H3. The molecule has 2 aliphatic heterocycles. The van der Waals surface area contributed by atoms with Gasteiger partial charge in [-0.25, -0.2) is 0 Å². The molecule has 0 aliphatic carbocycles. The number of piperidine rings is 1. The van der Waals surface area contributed by atoms with Crippen LogP contribution in [0, 0.1) is 0 Å². The van der Waals surface area contributed by atoms with Crippen LogP contribution in [0.3, 0.4) is 0 Å². The summed E-state index contributed by atoms with van der Waals surface area (Å²) in [4.78, 5) is 16.4. The molecule has 0 bridgehead atoms. The fraction of sp³-hybridized carbons (Fsp3) is 0.923. The normalized spacial score (nSPS) is 30.4. The number of hydrogen-bond donors (Lipinski definition) is 1. The van der Waals surface area contributed by atoms with Crippen LogP contribution >= 0.6 is 0 Å². The van der Waals surface area contributed by atoms with E-state index >= 15 is 0 Å². The second-order valence-corrected chi connectivity index (χ2v) is 5.38. The Labute approximate surface area is 109 Å². The molecule has 104 valence electrons. The van der Waals surface area contributed by atoms with Crippen LogP contribution in [0.25, 0.3) is 0 Å². The summed E-state index contributed by atoms with van der Waals surface area (Å²) in [6.07, 6.45) is 2.57. The van der Waals surface area contributed by atoms with Crippen molar-refractivity contribution in [2.45, 2.75) is 31.9 Å². The minimum absolute atomic E-state index is 0.175. The summed E-state index contributed by atoms with van der Waals surface area (Å²) in [5.41, 5.74) is 0. The van der Waals surface area contributed by atoms with Crippen LogP contribution in [-0.2, 0) is 9.53 Å². The van der Waals surface area contributed by atoms with Gasteiger partial charge < -0.3 is 15.0 Å². The summed E-state index contributed by atoms with van der Waals surface area (Å²) in [5, 5.41) is 3.31. The van der Waals surface area contributed by atoms with Crippen LogP contribution in [0.15, 0.2) is 0 Å². The topological polar surface area (TPSA) is 44.8 Å². The third-order valence-electron chi connectivity index (χ3n) is 3.87. The molecule has 2 heterocycles. The summed E-state index contributed by atoms with van der Waals surface area (Å²) < 4.78 is 5.47. The molecule has 0 radical (unpaired) electrons. The van der Waals surface area contributed by atoms with E-state index < -0.39 is 0 Å². The number of carbonyl (C=O) groups excluding carboxylic acids is 1. The lowest BCUT2D eigenvalue weighted by Crippen LogP contribution is -2.51. The average Bonchev–Trinajstić information content (AvgIpc) is 2.39. The van der Waals surface area contributed by atoms with Crippen LogP contribution in [0.4, 0.5) is 0 Å². The molecule has 2 unspecified atom stereocenters. The molecule has 2 rings (SSSR count). The molecule has 18 heavy (non-hydrogen) atoms. The van der Waals surface area contributed by atoms with Gasteiger partial charge in [0.05, 0.1) is 19.3 Å². The minimum atomic E-state index is 0.175. The van der Waals surface area contributed by atoms with Gasteiger partial charge in [-0.3, -0.25) is 9.69 Å². The highest BCUT2D eigenvalue weighted by Crippen LogP contribution is 2.11. The van der Waals surface area contributed by atoms with Gasteiger partial charge in [-0.2, -0.15) is 0 Å². The fourth-order valence-corrected chi connectivity index (χ4v) is 2.77. The number of likely N-dealkylation sites (N-methyl/N-ethyl adjacent to an activating group) is 1. The maximum Gasteiger partial charge on any atom is 0.236 e. The van der Waals surface area contributed by atoms with Crippen molar-refractivity contribution in [3.63, 3.8) is 0 Å². The Morgan fingerprint density at radius 1 is 1.39 bits per heavy atom. The Bertz CT molecular complexity index is 285. The Hall–Kier alpha value is -0.650. The molecule has 0 aromatic heterocycles. The fourth-order valence-electron chi connectivity index (χ4n) is 2.77. The van der Waals surface area contributed by atoms with Gasteiger partial charge in [-0.15, -0.1) is 0 Å². The molecule has 2 saturated heterocycles. The quantitative estimate of drug-likeness (QED) is 0.766. The van der Waals surface area contributed by atoms with E-state index in [0.717, 1.165) is 26.2 Å². The van der Waals surface area contributed by atoms with Crippen molar-refractivity contribution >= 4 is 5.91 Å². The minimum Gasteiger partial charge on any atom is -0.375 e. The third kappa shape index (κ3) is 3.67. The maximum absolute atomic E-state index is 12.2. The zero-order chi connectivity index (χ0) is 13.0. The number of ether oxygens (including phenoxy) is 1. The first kappa shape index (κ1) is 13.8. The van der Waals surface area contributed by atoms with Crippen molar-refractivity contribution in [1.29, 1.82) is 0 Å². The summed E-state index contributed by atoms with van der Waals surface area (Å²) in [6, 6.07) is 0.537. The largest absolute Gasteiger partial charge is 0.375 e. The number of nitrogens with zero attached hydrogens (tertiary/aromatic N) is 2. The van der Waals surface area contributed by atoms with Gasteiger partial charge in [-0.05, 0) is 33.4 Å². The number of hydrogen-bond acceptors (Lipinski definition) is 4. The molecule has 2 atom stereocenters. The lowest BCUT2D eigenvalue weighted by Gasteiger charge is -2.35. The number of carbonyl (C=O) groups is 1. The second-order valence-electron chi connectivity index (χ2n) is 5.38. The van der Waals surface area contributed by atoms with Crippen molar-refractivity contribution in [1.82, 2.24) is 15.1 Å². The van der Waals surface area contributed by atoms with Crippen LogP contribution in [0.5, 0.6) is 0 Å². The zero-order valence-electron chi connectivity index (χ0n) is 11.5. The number of likely N-dealkylation sites (tertiary alicyclic amines) is 1. The van der Waals surface area contributed by atoms with Gasteiger partial charge in [0.2, 0.25) is 5.91 Å². The highest BCUT2D eigenvalue weighted by Gasteiger charge is 2.25. The van der Waals surface area contributed by atoms with Gasteiger partial charge in [-0.1, -0.05) is 0 Å². The lowest BCUT2D eigenvalue weighted by molar-refractivity contribution is -0.139. The van der Waals surface area contributed by atoms with Gasteiger partial charge in [0.25, 0.3) is 0 Å². The first-order valence-corrected chi connectivity index (χ1v) is 6.98. The lowest BCUT2D eigenvalue weighted by atomic mass is 10.1. The molecule has 1 amide bonds. The van der Waals surface area contributed by atoms with E-state index in [0.29, 0.717) is 19.2 Å². The van der Waals surface area contributed by atoms with Gasteiger partial charge in [0.1, 0.15) is 0 Å². The number of nitrogens with one attached hydrogen (secondary N) is 1. The summed E-state index contributed by atoms with van der Waals surface area (Å²) in [7, 11) is 2.00. The Balaban J connectivity index is 1.79. The van der Waals surface area contributed by atoms with Crippen LogP contribution < -0.4 is 5.32 Å². The second kappa shape index (κ2) is 6.50. The molecule has 2 aliphatic rings. The molecule has 1 N–H and O–H groups in total. The van der Waals surface area contributed by atoms with Crippen molar-refractivity contribution in [2.75, 3.05) is 46.4 Å². The molecule has 0 saturated carbocycles. The Kier molecular flexibility index (Phi) is 4.97.